The normalized spacial score (nSPS) is 21.5. The molecule has 0 saturated heterocycles. The highest BCUT2D eigenvalue weighted by molar-refractivity contribution is 6.30. The third-order valence-corrected chi connectivity index (χ3v) is 5.17. The Kier molecular flexibility index (Phi) is 3.25. The number of phenolic OH excluding ortho intramolecular Hbond substituents is 2. The van der Waals surface area contributed by atoms with E-state index in [0.717, 1.165) is 0 Å². The second kappa shape index (κ2) is 5.15. The molecule has 0 bridgehead atoms. The molecule has 0 spiro atoms. The molecule has 4 N–H and O–H groups in total. The lowest BCUT2D eigenvalue weighted by Gasteiger charge is -2.34. The summed E-state index contributed by atoms with van der Waals surface area (Å²) in [5, 5.41) is 41.0. The molecule has 6 heteroatoms. The van der Waals surface area contributed by atoms with Crippen molar-refractivity contribution < 1.29 is 30.0 Å². The van der Waals surface area contributed by atoms with Gasteiger partial charge in [-0.3, -0.25) is 9.59 Å². The van der Waals surface area contributed by atoms with Gasteiger partial charge in [-0.25, -0.2) is 0 Å². The minimum atomic E-state index is -1.43. The Hall–Kier alpha value is -2.70. The Labute approximate surface area is 143 Å². The maximum absolute atomic E-state index is 12.8. The summed E-state index contributed by atoms with van der Waals surface area (Å²) in [6, 6.07) is 6.26. The number of aromatic hydroxyl groups is 2. The number of benzene rings is 2. The molecule has 0 fully saturated rings. The summed E-state index contributed by atoms with van der Waals surface area (Å²) in [5.41, 5.74) is -0.934. The number of phenols is 2. The Morgan fingerprint density at radius 2 is 1.44 bits per heavy atom. The summed E-state index contributed by atoms with van der Waals surface area (Å²) < 4.78 is 0. The molecule has 0 aromatic heterocycles. The van der Waals surface area contributed by atoms with Gasteiger partial charge in [-0.2, -0.15) is 0 Å². The molecule has 0 heterocycles. The van der Waals surface area contributed by atoms with E-state index in [-0.39, 0.29) is 52.8 Å². The van der Waals surface area contributed by atoms with Crippen molar-refractivity contribution in [2.24, 2.45) is 0 Å². The minimum absolute atomic E-state index is 0.103. The van der Waals surface area contributed by atoms with E-state index in [4.69, 9.17) is 0 Å². The molecule has 2 aromatic carbocycles. The molecule has 2 aliphatic carbocycles. The van der Waals surface area contributed by atoms with Gasteiger partial charge in [0.1, 0.15) is 11.5 Å². The van der Waals surface area contributed by atoms with E-state index >= 15 is 0 Å². The third-order valence-electron chi connectivity index (χ3n) is 5.17. The fourth-order valence-corrected chi connectivity index (χ4v) is 3.78. The number of carbonyl (C=O) groups excluding carboxylic acids is 2. The number of hydrogen-bond acceptors (Lipinski definition) is 6. The molecule has 0 radical (unpaired) electrons. The van der Waals surface area contributed by atoms with Crippen molar-refractivity contribution in [3.63, 3.8) is 0 Å². The van der Waals surface area contributed by atoms with Gasteiger partial charge in [0.15, 0.2) is 11.6 Å². The summed E-state index contributed by atoms with van der Waals surface area (Å²) >= 11 is 0. The van der Waals surface area contributed by atoms with E-state index in [1.807, 2.05) is 0 Å². The van der Waals surface area contributed by atoms with Crippen molar-refractivity contribution in [3.05, 3.63) is 57.6 Å². The standard InChI is InChI=1S/C19H16O6/c20-8-19(25)6-5-11-12(7-19)18(24)14-13(17(11)23)15(21)9-3-1-2-4-10(9)16(14)22/h1-4,20,23-25H,5-8H2/t19-/m1/s1. The lowest BCUT2D eigenvalue weighted by atomic mass is 9.74. The molecule has 128 valence electrons. The molecule has 2 aliphatic rings. The zero-order valence-corrected chi connectivity index (χ0v) is 13.2. The highest BCUT2D eigenvalue weighted by atomic mass is 16.3. The summed E-state index contributed by atoms with van der Waals surface area (Å²) in [7, 11) is 0. The predicted molar refractivity (Wildman–Crippen MR) is 87.1 cm³/mol. The van der Waals surface area contributed by atoms with Gasteiger partial charge in [0.25, 0.3) is 0 Å². The van der Waals surface area contributed by atoms with Gasteiger partial charge >= 0.3 is 0 Å². The van der Waals surface area contributed by atoms with Crippen LogP contribution in [0.5, 0.6) is 11.5 Å². The first kappa shape index (κ1) is 15.8. The maximum atomic E-state index is 12.8. The zero-order valence-electron chi connectivity index (χ0n) is 13.2. The topological polar surface area (TPSA) is 115 Å². The smallest absolute Gasteiger partial charge is 0.198 e. The summed E-state index contributed by atoms with van der Waals surface area (Å²) in [6.45, 7) is -0.501. The molecule has 2 aromatic rings. The number of hydrogen-bond donors (Lipinski definition) is 4. The number of ketones is 2. The van der Waals surface area contributed by atoms with Crippen LogP contribution in [0.15, 0.2) is 24.3 Å². The van der Waals surface area contributed by atoms with Gasteiger partial charge in [-0.15, -0.1) is 0 Å². The Balaban J connectivity index is 2.01. The van der Waals surface area contributed by atoms with Gasteiger partial charge in [0.05, 0.1) is 23.3 Å². The van der Waals surface area contributed by atoms with Gasteiger partial charge in [0.2, 0.25) is 0 Å². The Morgan fingerprint density at radius 3 is 1.96 bits per heavy atom. The van der Waals surface area contributed by atoms with Gasteiger partial charge in [0, 0.05) is 28.7 Å². The van der Waals surface area contributed by atoms with E-state index in [2.05, 4.69) is 0 Å². The van der Waals surface area contributed by atoms with E-state index < -0.39 is 29.5 Å². The van der Waals surface area contributed by atoms with E-state index in [9.17, 15) is 30.0 Å². The van der Waals surface area contributed by atoms with Gasteiger partial charge in [-0.1, -0.05) is 24.3 Å². The van der Waals surface area contributed by atoms with E-state index in [0.29, 0.717) is 5.56 Å². The van der Waals surface area contributed by atoms with Gasteiger partial charge < -0.3 is 20.4 Å². The van der Waals surface area contributed by atoms with Crippen molar-refractivity contribution in [3.8, 4) is 11.5 Å². The summed E-state index contributed by atoms with van der Waals surface area (Å²) in [5.74, 6) is -1.78. The molecule has 6 nitrogen and oxygen atoms in total. The van der Waals surface area contributed by atoms with E-state index in [1.165, 1.54) is 12.1 Å². The lowest BCUT2D eigenvalue weighted by molar-refractivity contribution is -0.0254. The Morgan fingerprint density at radius 1 is 0.920 bits per heavy atom. The van der Waals surface area contributed by atoms with Crippen LogP contribution in [0.25, 0.3) is 0 Å². The third kappa shape index (κ3) is 2.04. The van der Waals surface area contributed by atoms with E-state index in [1.54, 1.807) is 12.1 Å². The van der Waals surface area contributed by atoms with Crippen molar-refractivity contribution in [2.75, 3.05) is 6.61 Å². The zero-order chi connectivity index (χ0) is 17.9. The summed E-state index contributed by atoms with van der Waals surface area (Å²) in [6.07, 6.45) is 0.262. The number of fused-ring (bicyclic) bond motifs is 3. The van der Waals surface area contributed by atoms with Crippen LogP contribution in [0.4, 0.5) is 0 Å². The summed E-state index contributed by atoms with van der Waals surface area (Å²) in [4.78, 5) is 25.6. The molecule has 0 amide bonds. The molecule has 0 aliphatic heterocycles. The fraction of sp³-hybridized carbons (Fsp3) is 0.263. The van der Waals surface area contributed by atoms with Crippen molar-refractivity contribution in [2.45, 2.75) is 24.9 Å². The predicted octanol–water partition coefficient (Wildman–Crippen LogP) is 1.09. The second-order valence-corrected chi connectivity index (χ2v) is 6.67. The van der Waals surface area contributed by atoms with Crippen LogP contribution in [0.1, 0.15) is 49.4 Å². The number of aliphatic hydroxyl groups is 2. The van der Waals surface area contributed by atoms with Crippen LogP contribution in [0.2, 0.25) is 0 Å². The van der Waals surface area contributed by atoms with Crippen molar-refractivity contribution in [1.29, 1.82) is 0 Å². The highest BCUT2D eigenvalue weighted by Gasteiger charge is 2.41. The largest absolute Gasteiger partial charge is 0.507 e. The van der Waals surface area contributed by atoms with Crippen molar-refractivity contribution >= 4 is 11.6 Å². The lowest BCUT2D eigenvalue weighted by Crippen LogP contribution is -2.40. The van der Waals surface area contributed by atoms with Gasteiger partial charge in [-0.05, 0) is 12.8 Å². The number of aliphatic hydroxyl groups excluding tert-OH is 1. The number of carbonyl (C=O) groups is 2. The molecule has 1 atom stereocenters. The highest BCUT2D eigenvalue weighted by Crippen LogP contribution is 2.46. The number of rotatable bonds is 1. The first-order chi connectivity index (χ1) is 11.9. The average molecular weight is 340 g/mol. The van der Waals surface area contributed by atoms with Crippen LogP contribution in [0.3, 0.4) is 0 Å². The monoisotopic (exact) mass is 340 g/mol. The van der Waals surface area contributed by atoms with Crippen LogP contribution in [-0.4, -0.2) is 44.2 Å². The fourth-order valence-electron chi connectivity index (χ4n) is 3.78. The average Bonchev–Trinajstić information content (AvgIpc) is 2.62. The van der Waals surface area contributed by atoms with Crippen LogP contribution < -0.4 is 0 Å². The van der Waals surface area contributed by atoms with Crippen LogP contribution >= 0.6 is 0 Å². The minimum Gasteiger partial charge on any atom is -0.507 e. The molecule has 25 heavy (non-hydrogen) atoms. The molecule has 0 saturated carbocycles. The first-order valence-corrected chi connectivity index (χ1v) is 7.99. The molecular formula is C19H16O6. The first-order valence-electron chi connectivity index (χ1n) is 7.99. The molecule has 4 rings (SSSR count). The van der Waals surface area contributed by atoms with Crippen molar-refractivity contribution in [1.82, 2.24) is 0 Å². The van der Waals surface area contributed by atoms with Crippen LogP contribution in [0, 0.1) is 0 Å². The molecule has 0 unspecified atom stereocenters. The quantitative estimate of drug-likeness (QED) is 0.493. The maximum Gasteiger partial charge on any atom is 0.198 e. The Bertz CT molecular complexity index is 945. The second-order valence-electron chi connectivity index (χ2n) is 6.67. The SMILES string of the molecule is O=C1c2ccccc2C(=O)c2c(O)c3c(c(O)c21)CC[C@](O)(CO)C3. The molecular weight excluding hydrogens is 324 g/mol. The van der Waals surface area contributed by atoms with Crippen LogP contribution in [-0.2, 0) is 12.8 Å².